The van der Waals surface area contributed by atoms with E-state index in [1.807, 2.05) is 11.3 Å². The predicted octanol–water partition coefficient (Wildman–Crippen LogP) is 4.18. The lowest BCUT2D eigenvalue weighted by atomic mass is 9.83. The fourth-order valence-electron chi connectivity index (χ4n) is 4.12. The Bertz CT molecular complexity index is 433. The summed E-state index contributed by atoms with van der Waals surface area (Å²) in [6.07, 6.45) is 10.5. The third kappa shape index (κ3) is 2.99. The monoisotopic (exact) mass is 356 g/mol. The Morgan fingerprint density at radius 2 is 1.85 bits per heavy atom. The van der Waals surface area contributed by atoms with Gasteiger partial charge in [-0.05, 0) is 73.3 Å². The summed E-state index contributed by atoms with van der Waals surface area (Å²) >= 11 is 5.40. The predicted molar refractivity (Wildman–Crippen MR) is 90.3 cm³/mol. The van der Waals surface area contributed by atoms with Crippen LogP contribution in [0.15, 0.2) is 15.9 Å². The van der Waals surface area contributed by atoms with Crippen molar-refractivity contribution >= 4 is 27.3 Å². The lowest BCUT2D eigenvalue weighted by Crippen LogP contribution is -2.60. The molecule has 1 unspecified atom stereocenters. The fraction of sp³-hybridized carbons (Fsp3) is 0.750. The summed E-state index contributed by atoms with van der Waals surface area (Å²) < 4.78 is 1.22. The number of thiophene rings is 1. The summed E-state index contributed by atoms with van der Waals surface area (Å²) in [5.41, 5.74) is 7.02. The van der Waals surface area contributed by atoms with Crippen molar-refractivity contribution < 1.29 is 0 Å². The van der Waals surface area contributed by atoms with Crippen molar-refractivity contribution in [1.29, 1.82) is 0 Å². The van der Waals surface area contributed by atoms with Crippen molar-refractivity contribution in [2.45, 2.75) is 62.9 Å². The van der Waals surface area contributed by atoms with Crippen LogP contribution in [0, 0.1) is 0 Å². The number of nitrogens with zero attached hydrogens (tertiary/aromatic N) is 1. The molecule has 4 heteroatoms. The van der Waals surface area contributed by atoms with E-state index in [1.165, 1.54) is 66.7 Å². The van der Waals surface area contributed by atoms with Crippen LogP contribution in [0.4, 0.5) is 0 Å². The first-order chi connectivity index (χ1) is 9.71. The lowest BCUT2D eigenvalue weighted by Gasteiger charge is -2.47. The Hall–Kier alpha value is 0.1000. The van der Waals surface area contributed by atoms with Crippen LogP contribution in [-0.2, 0) is 6.42 Å². The van der Waals surface area contributed by atoms with Gasteiger partial charge in [0.05, 0.1) is 3.79 Å². The minimum atomic E-state index is 0.286. The molecule has 0 aromatic carbocycles. The topological polar surface area (TPSA) is 29.3 Å². The van der Waals surface area contributed by atoms with E-state index >= 15 is 0 Å². The van der Waals surface area contributed by atoms with Crippen molar-refractivity contribution in [1.82, 2.24) is 4.90 Å². The number of nitrogens with two attached hydrogens (primary N) is 1. The number of hydrogen-bond donors (Lipinski definition) is 1. The summed E-state index contributed by atoms with van der Waals surface area (Å²) in [4.78, 5) is 4.17. The van der Waals surface area contributed by atoms with E-state index in [9.17, 15) is 0 Å². The van der Waals surface area contributed by atoms with Crippen LogP contribution in [0.25, 0.3) is 0 Å². The van der Waals surface area contributed by atoms with Gasteiger partial charge in [0.2, 0.25) is 0 Å². The van der Waals surface area contributed by atoms with Gasteiger partial charge in [-0.15, -0.1) is 11.3 Å². The van der Waals surface area contributed by atoms with E-state index in [1.54, 1.807) is 0 Å². The van der Waals surface area contributed by atoms with Crippen LogP contribution < -0.4 is 5.73 Å². The third-order valence-corrected chi connectivity index (χ3v) is 6.84. The Labute approximate surface area is 134 Å². The van der Waals surface area contributed by atoms with Crippen molar-refractivity contribution in [2.75, 3.05) is 13.1 Å². The zero-order valence-electron chi connectivity index (χ0n) is 12.1. The van der Waals surface area contributed by atoms with E-state index in [2.05, 4.69) is 33.0 Å². The highest BCUT2D eigenvalue weighted by Gasteiger charge is 2.44. The normalized spacial score (nSPS) is 24.9. The van der Waals surface area contributed by atoms with Gasteiger partial charge in [-0.1, -0.05) is 19.3 Å². The van der Waals surface area contributed by atoms with Gasteiger partial charge in [-0.25, -0.2) is 0 Å². The highest BCUT2D eigenvalue weighted by atomic mass is 79.9. The van der Waals surface area contributed by atoms with Crippen molar-refractivity contribution in [3.05, 3.63) is 20.8 Å². The molecule has 1 aliphatic heterocycles. The van der Waals surface area contributed by atoms with Crippen LogP contribution in [0.2, 0.25) is 0 Å². The molecular weight excluding hydrogens is 332 g/mol. The molecule has 1 aromatic rings. The summed E-state index contributed by atoms with van der Waals surface area (Å²) in [5, 5.41) is 0. The van der Waals surface area contributed by atoms with E-state index < -0.39 is 0 Å². The van der Waals surface area contributed by atoms with Gasteiger partial charge in [0.25, 0.3) is 0 Å². The molecule has 20 heavy (non-hydrogen) atoms. The first kappa shape index (κ1) is 15.0. The Balaban J connectivity index is 1.75. The summed E-state index contributed by atoms with van der Waals surface area (Å²) in [5.74, 6) is 0. The maximum absolute atomic E-state index is 6.74. The summed E-state index contributed by atoms with van der Waals surface area (Å²) in [6.45, 7) is 2.53. The summed E-state index contributed by atoms with van der Waals surface area (Å²) in [6, 6.07) is 4.66. The highest BCUT2D eigenvalue weighted by Crippen LogP contribution is 2.40. The number of hydrogen-bond acceptors (Lipinski definition) is 3. The molecule has 1 aromatic heterocycles. The molecule has 1 aliphatic carbocycles. The number of halogens is 1. The smallest absolute Gasteiger partial charge is 0.0701 e. The molecule has 0 bridgehead atoms. The van der Waals surface area contributed by atoms with Crippen LogP contribution in [-0.4, -0.2) is 29.6 Å². The minimum Gasteiger partial charge on any atom is -0.326 e. The second-order valence-corrected chi connectivity index (χ2v) is 8.92. The Morgan fingerprint density at radius 1 is 1.15 bits per heavy atom. The van der Waals surface area contributed by atoms with Gasteiger partial charge in [0, 0.05) is 16.5 Å². The van der Waals surface area contributed by atoms with E-state index in [0.29, 0.717) is 0 Å². The molecule has 0 spiro atoms. The third-order valence-electron chi connectivity index (χ3n) is 5.20. The fourth-order valence-corrected chi connectivity index (χ4v) is 5.66. The van der Waals surface area contributed by atoms with Crippen LogP contribution in [0.5, 0.6) is 0 Å². The molecule has 2 aliphatic rings. The van der Waals surface area contributed by atoms with Gasteiger partial charge >= 0.3 is 0 Å². The van der Waals surface area contributed by atoms with Gasteiger partial charge < -0.3 is 5.73 Å². The van der Waals surface area contributed by atoms with E-state index in [0.717, 1.165) is 6.42 Å². The maximum atomic E-state index is 6.74. The standard InChI is InChI=1S/C16H25BrN2S/c17-15-7-6-13(20-15)12-14(18)16(8-2-3-9-16)19-10-4-1-5-11-19/h6-7,14H,1-5,8-12,18H2. The van der Waals surface area contributed by atoms with Crippen molar-refractivity contribution in [3.63, 3.8) is 0 Å². The number of piperidine rings is 1. The van der Waals surface area contributed by atoms with Gasteiger partial charge in [-0.3, -0.25) is 4.90 Å². The summed E-state index contributed by atoms with van der Waals surface area (Å²) in [7, 11) is 0. The first-order valence-corrected chi connectivity index (χ1v) is 9.56. The van der Waals surface area contributed by atoms with E-state index in [-0.39, 0.29) is 11.6 Å². The average molecular weight is 357 g/mol. The average Bonchev–Trinajstić information content (AvgIpc) is 3.10. The molecule has 3 rings (SSSR count). The van der Waals surface area contributed by atoms with Gasteiger partial charge in [0.1, 0.15) is 0 Å². The molecular formula is C16H25BrN2S. The molecule has 2 N–H and O–H groups in total. The molecule has 2 nitrogen and oxygen atoms in total. The van der Waals surface area contributed by atoms with E-state index in [4.69, 9.17) is 5.73 Å². The molecule has 0 amide bonds. The second-order valence-electron chi connectivity index (χ2n) is 6.37. The lowest BCUT2D eigenvalue weighted by molar-refractivity contribution is 0.0484. The zero-order chi connectivity index (χ0) is 14.0. The van der Waals surface area contributed by atoms with Crippen LogP contribution in [0.1, 0.15) is 49.8 Å². The molecule has 1 saturated carbocycles. The van der Waals surface area contributed by atoms with Crippen molar-refractivity contribution in [2.24, 2.45) is 5.73 Å². The minimum absolute atomic E-state index is 0.286. The molecule has 2 heterocycles. The van der Waals surface area contributed by atoms with Crippen molar-refractivity contribution in [3.8, 4) is 0 Å². The molecule has 112 valence electrons. The first-order valence-electron chi connectivity index (χ1n) is 7.95. The number of likely N-dealkylation sites (tertiary alicyclic amines) is 1. The zero-order valence-corrected chi connectivity index (χ0v) is 14.5. The molecule has 1 saturated heterocycles. The van der Waals surface area contributed by atoms with Gasteiger partial charge in [0.15, 0.2) is 0 Å². The molecule has 0 radical (unpaired) electrons. The highest BCUT2D eigenvalue weighted by molar-refractivity contribution is 9.11. The van der Waals surface area contributed by atoms with Crippen LogP contribution >= 0.6 is 27.3 Å². The molecule has 1 atom stereocenters. The maximum Gasteiger partial charge on any atom is 0.0701 e. The Morgan fingerprint density at radius 3 is 2.45 bits per heavy atom. The SMILES string of the molecule is NC(Cc1ccc(Br)s1)C1(N2CCCCC2)CCCC1. The quantitative estimate of drug-likeness (QED) is 0.876. The van der Waals surface area contributed by atoms with Crippen LogP contribution in [0.3, 0.4) is 0 Å². The molecule has 2 fully saturated rings. The Kier molecular flexibility index (Phi) is 4.86. The van der Waals surface area contributed by atoms with Gasteiger partial charge in [-0.2, -0.15) is 0 Å². The number of rotatable bonds is 4. The largest absolute Gasteiger partial charge is 0.326 e. The second kappa shape index (κ2) is 6.47.